The number of rotatable bonds is 8. The first-order chi connectivity index (χ1) is 17.3. The number of imidazole rings is 2. The van der Waals surface area contributed by atoms with Gasteiger partial charge in [-0.25, -0.2) is 9.97 Å². The van der Waals surface area contributed by atoms with Crippen molar-refractivity contribution in [1.82, 2.24) is 29.8 Å². The number of benzene rings is 2. The van der Waals surface area contributed by atoms with Gasteiger partial charge in [0, 0.05) is 31.7 Å². The zero-order valence-electron chi connectivity index (χ0n) is 19.6. The Morgan fingerprint density at radius 1 is 0.914 bits per heavy atom. The van der Waals surface area contributed by atoms with Crippen LogP contribution in [0.4, 0.5) is 5.95 Å². The fourth-order valence-electron chi connectivity index (χ4n) is 5.03. The molecule has 1 unspecified atom stereocenters. The number of para-hydroxylation sites is 2. The van der Waals surface area contributed by atoms with E-state index in [1.165, 1.54) is 28.8 Å². The Labute approximate surface area is 204 Å². The summed E-state index contributed by atoms with van der Waals surface area (Å²) in [6.07, 6.45) is 8.89. The van der Waals surface area contributed by atoms with Gasteiger partial charge in [-0.15, -0.1) is 0 Å². The van der Waals surface area contributed by atoms with E-state index in [1.807, 2.05) is 24.5 Å². The van der Waals surface area contributed by atoms with Gasteiger partial charge in [-0.1, -0.05) is 42.5 Å². The fourth-order valence-corrected chi connectivity index (χ4v) is 5.03. The summed E-state index contributed by atoms with van der Waals surface area (Å²) in [6.45, 7) is 2.32. The van der Waals surface area contributed by atoms with Crippen molar-refractivity contribution in [3.8, 4) is 0 Å². The number of nitrogens with one attached hydrogen (secondary N) is 3. The van der Waals surface area contributed by atoms with Crippen LogP contribution in [0, 0.1) is 0 Å². The normalized spacial score (nSPS) is 15.4. The Morgan fingerprint density at radius 2 is 1.80 bits per heavy atom. The lowest BCUT2D eigenvalue weighted by molar-refractivity contribution is 0.153. The van der Waals surface area contributed by atoms with Crippen LogP contribution >= 0.6 is 0 Å². The molecule has 176 valence electrons. The number of fused-ring (bicyclic) bond motifs is 2. The Kier molecular flexibility index (Phi) is 5.99. The van der Waals surface area contributed by atoms with Gasteiger partial charge in [-0.3, -0.25) is 9.88 Å². The van der Waals surface area contributed by atoms with Crippen LogP contribution in [0.5, 0.6) is 0 Å². The average Bonchev–Trinajstić information content (AvgIpc) is 3.57. The number of anilines is 1. The first-order valence-corrected chi connectivity index (χ1v) is 12.2. The summed E-state index contributed by atoms with van der Waals surface area (Å²) in [7, 11) is 0. The SMILES string of the molecule is c1cnc2c(c1)CCCC2N(Cc1ccc(CNc2ncc[nH]2)cc1)Cc1nc2ccccc2[nH]1. The predicted molar refractivity (Wildman–Crippen MR) is 138 cm³/mol. The Balaban J connectivity index is 1.24. The van der Waals surface area contributed by atoms with E-state index in [0.29, 0.717) is 0 Å². The lowest BCUT2D eigenvalue weighted by atomic mass is 9.90. The Bertz CT molecular complexity index is 1360. The number of pyridine rings is 1. The minimum absolute atomic E-state index is 0.272. The molecule has 1 aliphatic rings. The molecule has 7 nitrogen and oxygen atoms in total. The zero-order chi connectivity index (χ0) is 23.5. The van der Waals surface area contributed by atoms with Crippen LogP contribution in [0.15, 0.2) is 79.3 Å². The van der Waals surface area contributed by atoms with Crippen LogP contribution in [0.1, 0.15) is 47.1 Å². The van der Waals surface area contributed by atoms with Crippen molar-refractivity contribution in [3.05, 3.63) is 107 Å². The number of hydrogen-bond acceptors (Lipinski definition) is 5. The summed E-state index contributed by atoms with van der Waals surface area (Å²) in [5.41, 5.74) is 7.19. The molecule has 3 heterocycles. The monoisotopic (exact) mass is 463 g/mol. The third-order valence-electron chi connectivity index (χ3n) is 6.76. The minimum atomic E-state index is 0.272. The smallest absolute Gasteiger partial charge is 0.200 e. The summed E-state index contributed by atoms with van der Waals surface area (Å²) >= 11 is 0. The summed E-state index contributed by atoms with van der Waals surface area (Å²) < 4.78 is 0. The Hall–Kier alpha value is -3.97. The van der Waals surface area contributed by atoms with Crippen molar-refractivity contribution in [2.24, 2.45) is 0 Å². The number of hydrogen-bond donors (Lipinski definition) is 3. The molecule has 0 aliphatic heterocycles. The third kappa shape index (κ3) is 4.81. The van der Waals surface area contributed by atoms with E-state index in [0.717, 1.165) is 55.3 Å². The molecule has 0 fully saturated rings. The summed E-state index contributed by atoms with van der Waals surface area (Å²) in [5.74, 6) is 1.78. The number of aromatic nitrogens is 5. The zero-order valence-corrected chi connectivity index (χ0v) is 19.6. The third-order valence-corrected chi connectivity index (χ3v) is 6.76. The highest BCUT2D eigenvalue weighted by molar-refractivity contribution is 5.74. The maximum Gasteiger partial charge on any atom is 0.200 e. The minimum Gasteiger partial charge on any atom is -0.352 e. The van der Waals surface area contributed by atoms with Crippen molar-refractivity contribution in [1.29, 1.82) is 0 Å². The van der Waals surface area contributed by atoms with Crippen LogP contribution in [-0.2, 0) is 26.1 Å². The highest BCUT2D eigenvalue weighted by atomic mass is 15.2. The van der Waals surface area contributed by atoms with Crippen LogP contribution in [0.2, 0.25) is 0 Å². The molecule has 3 aromatic heterocycles. The average molecular weight is 464 g/mol. The number of nitrogens with zero attached hydrogens (tertiary/aromatic N) is 4. The van der Waals surface area contributed by atoms with Crippen LogP contribution < -0.4 is 5.32 Å². The highest BCUT2D eigenvalue weighted by Gasteiger charge is 2.28. The quantitative estimate of drug-likeness (QED) is 0.288. The standard InChI is InChI=1S/C28H29N7/c1-2-8-24-23(7-1)33-26(34-24)19-35(25-9-3-5-22-6-4-14-29-27(22)25)18-21-12-10-20(11-13-21)17-32-28-30-15-16-31-28/h1-2,4,6-8,10-16,25H,3,5,9,17-19H2,(H,33,34)(H2,30,31,32). The molecule has 0 saturated heterocycles. The van der Waals surface area contributed by atoms with E-state index in [-0.39, 0.29) is 6.04 Å². The molecule has 2 aromatic carbocycles. The molecule has 0 amide bonds. The second-order valence-corrected chi connectivity index (χ2v) is 9.17. The highest BCUT2D eigenvalue weighted by Crippen LogP contribution is 2.34. The molecule has 1 atom stereocenters. The van der Waals surface area contributed by atoms with E-state index < -0.39 is 0 Å². The molecule has 35 heavy (non-hydrogen) atoms. The largest absolute Gasteiger partial charge is 0.352 e. The maximum absolute atomic E-state index is 4.87. The van der Waals surface area contributed by atoms with Gasteiger partial charge in [0.15, 0.2) is 5.95 Å². The number of aryl methyl sites for hydroxylation is 1. The molecule has 0 bridgehead atoms. The summed E-state index contributed by atoms with van der Waals surface area (Å²) in [5, 5.41) is 3.31. The van der Waals surface area contributed by atoms with Crippen LogP contribution in [0.3, 0.4) is 0 Å². The van der Waals surface area contributed by atoms with Gasteiger partial charge in [0.2, 0.25) is 0 Å². The van der Waals surface area contributed by atoms with Crippen LogP contribution in [-0.4, -0.2) is 29.8 Å². The Morgan fingerprint density at radius 3 is 2.66 bits per heavy atom. The van der Waals surface area contributed by atoms with Gasteiger partial charge in [0.1, 0.15) is 5.82 Å². The predicted octanol–water partition coefficient (Wildman–Crippen LogP) is 5.37. The second-order valence-electron chi connectivity index (χ2n) is 9.17. The van der Waals surface area contributed by atoms with Crippen molar-refractivity contribution in [3.63, 3.8) is 0 Å². The molecule has 0 saturated carbocycles. The molecule has 6 rings (SSSR count). The van der Waals surface area contributed by atoms with E-state index in [9.17, 15) is 0 Å². The number of H-pyrrole nitrogens is 2. The van der Waals surface area contributed by atoms with Crippen molar-refractivity contribution < 1.29 is 0 Å². The van der Waals surface area contributed by atoms with E-state index in [4.69, 9.17) is 9.97 Å². The molecular formula is C28H29N7. The van der Waals surface area contributed by atoms with E-state index >= 15 is 0 Å². The summed E-state index contributed by atoms with van der Waals surface area (Å²) in [6, 6.07) is 21.6. The number of aromatic amines is 2. The maximum atomic E-state index is 4.87. The topological polar surface area (TPSA) is 85.5 Å². The van der Waals surface area contributed by atoms with Crippen molar-refractivity contribution in [2.75, 3.05) is 5.32 Å². The van der Waals surface area contributed by atoms with Gasteiger partial charge >= 0.3 is 0 Å². The van der Waals surface area contributed by atoms with Gasteiger partial charge in [0.25, 0.3) is 0 Å². The molecule has 0 spiro atoms. The molecule has 3 N–H and O–H groups in total. The lowest BCUT2D eigenvalue weighted by Crippen LogP contribution is -2.31. The van der Waals surface area contributed by atoms with Gasteiger partial charge in [0.05, 0.1) is 29.3 Å². The molecule has 5 aromatic rings. The molecule has 1 aliphatic carbocycles. The van der Waals surface area contributed by atoms with Gasteiger partial charge < -0.3 is 15.3 Å². The van der Waals surface area contributed by atoms with Crippen molar-refractivity contribution >= 4 is 17.0 Å². The van der Waals surface area contributed by atoms with Crippen LogP contribution in [0.25, 0.3) is 11.0 Å². The molecule has 0 radical (unpaired) electrons. The van der Waals surface area contributed by atoms with Crippen molar-refractivity contribution in [2.45, 2.75) is 44.9 Å². The van der Waals surface area contributed by atoms with E-state index in [2.05, 4.69) is 73.7 Å². The van der Waals surface area contributed by atoms with Gasteiger partial charge in [-0.2, -0.15) is 0 Å². The first kappa shape index (κ1) is 21.6. The fraction of sp³-hybridized carbons (Fsp3) is 0.250. The second kappa shape index (κ2) is 9.72. The molecule has 7 heteroatoms. The molecular weight excluding hydrogens is 434 g/mol. The summed E-state index contributed by atoms with van der Waals surface area (Å²) in [4.78, 5) is 23.0. The lowest BCUT2D eigenvalue weighted by Gasteiger charge is -2.34. The van der Waals surface area contributed by atoms with Gasteiger partial charge in [-0.05, 0) is 54.2 Å². The first-order valence-electron chi connectivity index (χ1n) is 12.2. The van der Waals surface area contributed by atoms with E-state index in [1.54, 1.807) is 6.20 Å².